The summed E-state index contributed by atoms with van der Waals surface area (Å²) < 4.78 is 58.5. The van der Waals surface area contributed by atoms with Gasteiger partial charge in [-0.1, -0.05) is 35.4 Å². The summed E-state index contributed by atoms with van der Waals surface area (Å²) in [5.41, 5.74) is 0.385. The molecular weight excluding hydrogens is 509 g/mol. The predicted octanol–water partition coefficient (Wildman–Crippen LogP) is 2.84. The SMILES string of the molecule is CC(C)CNS(=O)(=O)c1ccc(C(=O)NCCSSCCC(=O)O)cc1.O=C(O)C(F)(F)F. The molecule has 1 rings (SSSR count). The summed E-state index contributed by atoms with van der Waals surface area (Å²) in [7, 11) is -0.615. The number of aliphatic carboxylic acids is 2. The number of carbonyl (C=O) groups excluding carboxylic acids is 1. The Kier molecular flexibility index (Phi) is 14.1. The van der Waals surface area contributed by atoms with Crippen molar-refractivity contribution in [3.05, 3.63) is 29.8 Å². The molecule has 1 aromatic carbocycles. The molecule has 188 valence electrons. The maximum Gasteiger partial charge on any atom is 0.490 e. The van der Waals surface area contributed by atoms with Crippen molar-refractivity contribution in [2.75, 3.05) is 24.6 Å². The third kappa shape index (κ3) is 14.7. The van der Waals surface area contributed by atoms with E-state index in [4.69, 9.17) is 15.0 Å². The summed E-state index contributed by atoms with van der Waals surface area (Å²) in [5.74, 6) is -2.48. The minimum absolute atomic E-state index is 0.116. The third-order valence-corrected chi connectivity index (χ3v) is 7.15. The second-order valence-corrected chi connectivity index (χ2v) is 11.1. The Hall–Kier alpha value is -1.97. The lowest BCUT2D eigenvalue weighted by molar-refractivity contribution is -0.192. The maximum atomic E-state index is 12.1. The van der Waals surface area contributed by atoms with Gasteiger partial charge >= 0.3 is 18.1 Å². The highest BCUT2D eigenvalue weighted by Crippen LogP contribution is 2.21. The zero-order valence-corrected chi connectivity index (χ0v) is 20.2. The van der Waals surface area contributed by atoms with Gasteiger partial charge in [0.1, 0.15) is 0 Å². The number of benzene rings is 1. The van der Waals surface area contributed by atoms with E-state index in [0.29, 0.717) is 30.2 Å². The molecule has 0 atom stereocenters. The van der Waals surface area contributed by atoms with Gasteiger partial charge in [-0.15, -0.1) is 0 Å². The van der Waals surface area contributed by atoms with E-state index >= 15 is 0 Å². The fraction of sp³-hybridized carbons (Fsp3) is 0.500. The van der Waals surface area contributed by atoms with Crippen molar-refractivity contribution >= 4 is 49.5 Å². The van der Waals surface area contributed by atoms with E-state index in [2.05, 4.69) is 10.0 Å². The van der Waals surface area contributed by atoms with Crippen LogP contribution in [0.5, 0.6) is 0 Å². The highest BCUT2D eigenvalue weighted by Gasteiger charge is 2.38. The van der Waals surface area contributed by atoms with Crippen LogP contribution >= 0.6 is 21.6 Å². The highest BCUT2D eigenvalue weighted by atomic mass is 33.1. The number of hydrogen-bond acceptors (Lipinski definition) is 7. The van der Waals surface area contributed by atoms with Crippen LogP contribution in [0, 0.1) is 5.92 Å². The van der Waals surface area contributed by atoms with Gasteiger partial charge in [-0.25, -0.2) is 17.9 Å². The molecule has 0 spiro atoms. The number of hydrogen-bond donors (Lipinski definition) is 4. The zero-order chi connectivity index (χ0) is 25.7. The molecule has 0 saturated carbocycles. The van der Waals surface area contributed by atoms with Crippen LogP contribution in [0.2, 0.25) is 0 Å². The molecule has 0 aliphatic carbocycles. The van der Waals surface area contributed by atoms with Crippen molar-refractivity contribution in [2.45, 2.75) is 31.3 Å². The molecule has 0 heterocycles. The minimum atomic E-state index is -5.08. The number of rotatable bonds is 12. The lowest BCUT2D eigenvalue weighted by Gasteiger charge is -2.09. The van der Waals surface area contributed by atoms with Gasteiger partial charge in [0.25, 0.3) is 5.91 Å². The summed E-state index contributed by atoms with van der Waals surface area (Å²) >= 11 is 0. The molecule has 0 aromatic heterocycles. The smallest absolute Gasteiger partial charge is 0.481 e. The number of nitrogens with one attached hydrogen (secondary N) is 2. The molecule has 0 radical (unpaired) electrons. The van der Waals surface area contributed by atoms with Gasteiger partial charge in [0.05, 0.1) is 11.3 Å². The molecule has 15 heteroatoms. The van der Waals surface area contributed by atoms with Crippen molar-refractivity contribution in [2.24, 2.45) is 5.92 Å². The Morgan fingerprint density at radius 2 is 1.55 bits per heavy atom. The van der Waals surface area contributed by atoms with Crippen LogP contribution in [0.25, 0.3) is 0 Å². The van der Waals surface area contributed by atoms with Crippen molar-refractivity contribution in [3.63, 3.8) is 0 Å². The monoisotopic (exact) mass is 534 g/mol. The van der Waals surface area contributed by atoms with E-state index in [1.165, 1.54) is 45.9 Å². The number of alkyl halides is 3. The highest BCUT2D eigenvalue weighted by molar-refractivity contribution is 8.76. The molecule has 0 bridgehead atoms. The molecular formula is C18H25F3N2O7S3. The second-order valence-electron chi connectivity index (χ2n) is 6.62. The fourth-order valence-corrected chi connectivity index (χ4v) is 4.80. The van der Waals surface area contributed by atoms with Crippen LogP contribution in [0.1, 0.15) is 30.6 Å². The molecule has 0 aliphatic heterocycles. The number of carbonyl (C=O) groups is 3. The van der Waals surface area contributed by atoms with E-state index in [1.807, 2.05) is 13.8 Å². The number of halogens is 3. The quantitative estimate of drug-likeness (QED) is 0.234. The first-order valence-corrected chi connectivity index (χ1v) is 13.3. The maximum absolute atomic E-state index is 12.1. The Labute approximate surface area is 197 Å². The number of amides is 1. The molecule has 0 saturated heterocycles. The van der Waals surface area contributed by atoms with E-state index in [1.54, 1.807) is 0 Å². The Morgan fingerprint density at radius 3 is 2.00 bits per heavy atom. The summed E-state index contributed by atoms with van der Waals surface area (Å²) in [4.78, 5) is 31.4. The summed E-state index contributed by atoms with van der Waals surface area (Å²) in [6.45, 7) is 4.63. The van der Waals surface area contributed by atoms with Gasteiger partial charge in [-0.3, -0.25) is 9.59 Å². The minimum Gasteiger partial charge on any atom is -0.481 e. The molecule has 4 N–H and O–H groups in total. The van der Waals surface area contributed by atoms with E-state index in [0.717, 1.165) is 0 Å². The Bertz CT molecular complexity index is 877. The van der Waals surface area contributed by atoms with Crippen molar-refractivity contribution in [1.82, 2.24) is 10.0 Å². The van der Waals surface area contributed by atoms with Gasteiger partial charge in [0, 0.05) is 30.2 Å². The van der Waals surface area contributed by atoms with Gasteiger partial charge in [-0.05, 0) is 30.2 Å². The Balaban J connectivity index is 0.00000126. The number of sulfonamides is 1. The molecule has 9 nitrogen and oxygen atoms in total. The van der Waals surface area contributed by atoms with Crippen LogP contribution in [0.15, 0.2) is 29.2 Å². The average Bonchev–Trinajstić information content (AvgIpc) is 2.71. The number of carboxylic acid groups (broad SMARTS) is 2. The van der Waals surface area contributed by atoms with Crippen molar-refractivity contribution < 1.29 is 46.2 Å². The molecule has 1 amide bonds. The summed E-state index contributed by atoms with van der Waals surface area (Å²) in [6.07, 6.45) is -4.97. The first-order valence-electron chi connectivity index (χ1n) is 9.31. The topological polar surface area (TPSA) is 150 Å². The molecule has 33 heavy (non-hydrogen) atoms. The summed E-state index contributed by atoms with van der Waals surface area (Å²) in [5, 5.41) is 18.4. The predicted molar refractivity (Wildman–Crippen MR) is 120 cm³/mol. The fourth-order valence-electron chi connectivity index (χ4n) is 1.70. The molecule has 1 aromatic rings. The largest absolute Gasteiger partial charge is 0.490 e. The molecule has 0 unspecified atom stereocenters. The van der Waals surface area contributed by atoms with Gasteiger partial charge in [0.15, 0.2) is 0 Å². The van der Waals surface area contributed by atoms with E-state index in [-0.39, 0.29) is 23.1 Å². The second kappa shape index (κ2) is 15.0. The normalized spacial score (nSPS) is 11.5. The van der Waals surface area contributed by atoms with Crippen molar-refractivity contribution in [1.29, 1.82) is 0 Å². The number of carboxylic acids is 2. The lowest BCUT2D eigenvalue weighted by Crippen LogP contribution is -2.28. The first kappa shape index (κ1) is 31.0. The Morgan fingerprint density at radius 1 is 1.03 bits per heavy atom. The molecule has 0 fully saturated rings. The average molecular weight is 535 g/mol. The standard InChI is InChI=1S/C16H24N2O5S3.C2HF3O2/c1-12(2)11-18-26(22,23)14-5-3-13(4-6-14)16(21)17-8-10-25-24-9-7-15(19)20;3-2(4,5)1(6)7/h3-6,12,18H,7-11H2,1-2H3,(H,17,21)(H,19,20);(H,6,7). The van der Waals surface area contributed by atoms with Crippen LogP contribution in [-0.4, -0.2) is 67.2 Å². The third-order valence-electron chi connectivity index (χ3n) is 3.30. The van der Waals surface area contributed by atoms with E-state index < -0.39 is 28.1 Å². The zero-order valence-electron chi connectivity index (χ0n) is 17.7. The lowest BCUT2D eigenvalue weighted by atomic mass is 10.2. The van der Waals surface area contributed by atoms with Gasteiger partial charge in [-0.2, -0.15) is 13.2 Å². The summed E-state index contributed by atoms with van der Waals surface area (Å²) in [6, 6.07) is 5.78. The van der Waals surface area contributed by atoms with Crippen molar-refractivity contribution in [3.8, 4) is 0 Å². The van der Waals surface area contributed by atoms with E-state index in [9.17, 15) is 31.2 Å². The van der Waals surface area contributed by atoms with Gasteiger partial charge in [0.2, 0.25) is 10.0 Å². The first-order chi connectivity index (χ1) is 15.2. The van der Waals surface area contributed by atoms with Crippen LogP contribution in [-0.2, 0) is 19.6 Å². The van der Waals surface area contributed by atoms with Crippen LogP contribution < -0.4 is 10.0 Å². The van der Waals surface area contributed by atoms with Crippen LogP contribution in [0.4, 0.5) is 13.2 Å². The van der Waals surface area contributed by atoms with Crippen LogP contribution in [0.3, 0.4) is 0 Å². The molecule has 0 aliphatic rings. The van der Waals surface area contributed by atoms with Gasteiger partial charge < -0.3 is 15.5 Å².